The quantitative estimate of drug-likeness (QED) is 0.802. The first-order chi connectivity index (χ1) is 8.88. The van der Waals surface area contributed by atoms with Gasteiger partial charge in [-0.25, -0.2) is 0 Å². The highest BCUT2D eigenvalue weighted by molar-refractivity contribution is 7.80. The molecular formula is C14H24N4S. The van der Waals surface area contributed by atoms with E-state index < -0.39 is 0 Å². The summed E-state index contributed by atoms with van der Waals surface area (Å²) in [4.78, 5) is 2.29. The number of hydrogen-bond donors (Lipinski definition) is 1. The third kappa shape index (κ3) is 3.08. The number of likely N-dealkylation sites (tertiary alicyclic amines) is 1. The second kappa shape index (κ2) is 5.49. The number of piperidine rings is 1. The molecule has 0 aromatic carbocycles. The number of aromatic nitrogens is 2. The zero-order valence-electron chi connectivity index (χ0n) is 12.5. The molecule has 0 bridgehead atoms. The van der Waals surface area contributed by atoms with Crippen molar-refractivity contribution in [3.8, 4) is 0 Å². The van der Waals surface area contributed by atoms with E-state index in [1.807, 2.05) is 18.7 Å². The molecule has 2 rings (SSSR count). The fourth-order valence-electron chi connectivity index (χ4n) is 2.97. The summed E-state index contributed by atoms with van der Waals surface area (Å²) >= 11 is 5.57. The lowest BCUT2D eigenvalue weighted by molar-refractivity contribution is 0.216. The first-order valence-electron chi connectivity index (χ1n) is 6.94. The van der Waals surface area contributed by atoms with Gasteiger partial charge in [0.15, 0.2) is 5.11 Å². The van der Waals surface area contributed by atoms with Crippen LogP contribution in [0.3, 0.4) is 0 Å². The Balaban J connectivity index is 2.08. The molecule has 0 saturated carbocycles. The summed E-state index contributed by atoms with van der Waals surface area (Å²) in [6.07, 6.45) is 1.30. The molecule has 5 heteroatoms. The molecule has 1 N–H and O–H groups in total. The molecule has 0 amide bonds. The summed E-state index contributed by atoms with van der Waals surface area (Å²) in [5, 5.41) is 8.63. The smallest absolute Gasteiger partial charge is 0.173 e. The van der Waals surface area contributed by atoms with Gasteiger partial charge < -0.3 is 10.2 Å². The maximum Gasteiger partial charge on any atom is 0.173 e. The number of thiocarbonyl (C=S) groups is 1. The highest BCUT2D eigenvalue weighted by Gasteiger charge is 2.24. The van der Waals surface area contributed by atoms with Crippen LogP contribution in [0.4, 0.5) is 5.69 Å². The molecule has 2 unspecified atom stereocenters. The van der Waals surface area contributed by atoms with E-state index in [4.69, 9.17) is 12.2 Å². The van der Waals surface area contributed by atoms with E-state index >= 15 is 0 Å². The van der Waals surface area contributed by atoms with E-state index in [9.17, 15) is 0 Å². The molecule has 4 nitrogen and oxygen atoms in total. The van der Waals surface area contributed by atoms with Crippen LogP contribution in [0.1, 0.15) is 31.7 Å². The molecule has 19 heavy (non-hydrogen) atoms. The van der Waals surface area contributed by atoms with E-state index in [0.29, 0.717) is 11.8 Å². The van der Waals surface area contributed by atoms with E-state index in [2.05, 4.69) is 36.1 Å². The Labute approximate surface area is 121 Å². The van der Waals surface area contributed by atoms with Gasteiger partial charge in [-0.3, -0.25) is 4.68 Å². The van der Waals surface area contributed by atoms with Gasteiger partial charge in [0.2, 0.25) is 0 Å². The number of nitrogens with zero attached hydrogens (tertiary/aromatic N) is 3. The van der Waals surface area contributed by atoms with Crippen molar-refractivity contribution >= 4 is 23.0 Å². The average Bonchev–Trinajstić information content (AvgIpc) is 2.54. The van der Waals surface area contributed by atoms with Gasteiger partial charge >= 0.3 is 0 Å². The number of rotatable bonds is 1. The third-order valence-corrected chi connectivity index (χ3v) is 4.26. The summed E-state index contributed by atoms with van der Waals surface area (Å²) in [5.74, 6) is 1.42. The topological polar surface area (TPSA) is 33.1 Å². The molecule has 0 spiro atoms. The minimum Gasteiger partial charge on any atom is -0.348 e. The number of hydrogen-bond acceptors (Lipinski definition) is 2. The van der Waals surface area contributed by atoms with E-state index in [1.165, 1.54) is 6.42 Å². The van der Waals surface area contributed by atoms with Crippen molar-refractivity contribution in [1.29, 1.82) is 0 Å². The van der Waals surface area contributed by atoms with Gasteiger partial charge in [-0.15, -0.1) is 0 Å². The van der Waals surface area contributed by atoms with Gasteiger partial charge in [0.25, 0.3) is 0 Å². The van der Waals surface area contributed by atoms with Crippen molar-refractivity contribution in [1.82, 2.24) is 14.7 Å². The molecule has 2 atom stereocenters. The molecular weight excluding hydrogens is 256 g/mol. The zero-order chi connectivity index (χ0) is 14.2. The normalized spacial score (nSPS) is 23.5. The molecule has 1 saturated heterocycles. The van der Waals surface area contributed by atoms with Crippen LogP contribution in [0.5, 0.6) is 0 Å². The van der Waals surface area contributed by atoms with Crippen molar-refractivity contribution < 1.29 is 0 Å². The van der Waals surface area contributed by atoms with Crippen LogP contribution in [0.25, 0.3) is 0 Å². The summed E-state index contributed by atoms with van der Waals surface area (Å²) in [7, 11) is 1.96. The van der Waals surface area contributed by atoms with Gasteiger partial charge in [-0.05, 0) is 44.3 Å². The van der Waals surface area contributed by atoms with Gasteiger partial charge in [0.1, 0.15) is 0 Å². The lowest BCUT2D eigenvalue weighted by atomic mass is 9.92. The van der Waals surface area contributed by atoms with E-state index in [1.54, 1.807) is 0 Å². The molecule has 1 aromatic heterocycles. The van der Waals surface area contributed by atoms with Crippen LogP contribution in [0, 0.1) is 25.7 Å². The van der Waals surface area contributed by atoms with Gasteiger partial charge in [-0.1, -0.05) is 13.8 Å². The SMILES string of the molecule is Cc1nn(C)c(C)c1NC(=S)N1CC(C)CC(C)C1. The predicted molar refractivity (Wildman–Crippen MR) is 83.4 cm³/mol. The van der Waals surface area contributed by atoms with Gasteiger partial charge in [-0.2, -0.15) is 5.10 Å². The van der Waals surface area contributed by atoms with Crippen molar-refractivity contribution in [2.75, 3.05) is 18.4 Å². The van der Waals surface area contributed by atoms with Gasteiger partial charge in [0, 0.05) is 20.1 Å². The molecule has 1 fully saturated rings. The van der Waals surface area contributed by atoms with Crippen LogP contribution in [0.15, 0.2) is 0 Å². The monoisotopic (exact) mass is 280 g/mol. The summed E-state index contributed by atoms with van der Waals surface area (Å²) in [5.41, 5.74) is 3.18. The third-order valence-electron chi connectivity index (χ3n) is 3.90. The Kier molecular flexibility index (Phi) is 4.13. The van der Waals surface area contributed by atoms with Crippen LogP contribution in [-0.4, -0.2) is 32.9 Å². The Bertz CT molecular complexity index is 470. The fraction of sp³-hybridized carbons (Fsp3) is 0.714. The number of aryl methyl sites for hydroxylation is 2. The molecule has 0 aliphatic carbocycles. The summed E-state index contributed by atoms with van der Waals surface area (Å²) < 4.78 is 1.89. The van der Waals surface area contributed by atoms with Crippen molar-refractivity contribution in [2.45, 2.75) is 34.1 Å². The highest BCUT2D eigenvalue weighted by atomic mass is 32.1. The maximum absolute atomic E-state index is 5.57. The fourth-order valence-corrected chi connectivity index (χ4v) is 3.22. The maximum atomic E-state index is 5.57. The first-order valence-corrected chi connectivity index (χ1v) is 7.35. The molecule has 0 radical (unpaired) electrons. The Morgan fingerprint density at radius 1 is 1.26 bits per heavy atom. The first kappa shape index (κ1) is 14.3. The molecule has 1 aliphatic rings. The highest BCUT2D eigenvalue weighted by Crippen LogP contribution is 2.23. The average molecular weight is 280 g/mol. The Morgan fingerprint density at radius 2 is 1.84 bits per heavy atom. The minimum absolute atomic E-state index is 0.708. The predicted octanol–water partition coefficient (Wildman–Crippen LogP) is 2.71. The Morgan fingerprint density at radius 3 is 2.32 bits per heavy atom. The molecule has 1 aromatic rings. The van der Waals surface area contributed by atoms with E-state index in [-0.39, 0.29) is 0 Å². The van der Waals surface area contributed by atoms with Gasteiger partial charge in [0.05, 0.1) is 17.1 Å². The van der Waals surface area contributed by atoms with Crippen LogP contribution >= 0.6 is 12.2 Å². The lowest BCUT2D eigenvalue weighted by Crippen LogP contribution is -2.44. The van der Waals surface area contributed by atoms with Crippen LogP contribution in [0.2, 0.25) is 0 Å². The largest absolute Gasteiger partial charge is 0.348 e. The minimum atomic E-state index is 0.708. The Hall–Kier alpha value is -1.10. The second-order valence-electron chi connectivity index (χ2n) is 5.95. The van der Waals surface area contributed by atoms with Crippen molar-refractivity contribution in [3.63, 3.8) is 0 Å². The van der Waals surface area contributed by atoms with E-state index in [0.717, 1.165) is 35.3 Å². The molecule has 2 heterocycles. The lowest BCUT2D eigenvalue weighted by Gasteiger charge is -2.36. The number of nitrogens with one attached hydrogen (secondary N) is 1. The number of anilines is 1. The standard InChI is InChI=1S/C14H24N4S/c1-9-6-10(2)8-18(7-9)14(19)15-13-11(3)16-17(5)12(13)4/h9-10H,6-8H2,1-5H3,(H,15,19). The summed E-state index contributed by atoms with van der Waals surface area (Å²) in [6.45, 7) is 10.8. The zero-order valence-corrected chi connectivity index (χ0v) is 13.3. The van der Waals surface area contributed by atoms with Crippen molar-refractivity contribution in [3.05, 3.63) is 11.4 Å². The summed E-state index contributed by atoms with van der Waals surface area (Å²) in [6, 6.07) is 0. The van der Waals surface area contributed by atoms with Crippen LogP contribution in [-0.2, 0) is 7.05 Å². The van der Waals surface area contributed by atoms with Crippen LogP contribution < -0.4 is 5.32 Å². The van der Waals surface area contributed by atoms with Crippen molar-refractivity contribution in [2.24, 2.45) is 18.9 Å². The molecule has 106 valence electrons. The molecule has 1 aliphatic heterocycles. The second-order valence-corrected chi connectivity index (χ2v) is 6.34.